The highest BCUT2D eigenvalue weighted by atomic mass is 16.5. The number of ether oxygens (including phenoxy) is 1. The van der Waals surface area contributed by atoms with Crippen molar-refractivity contribution < 1.29 is 14.6 Å². The van der Waals surface area contributed by atoms with Gasteiger partial charge in [-0.1, -0.05) is 0 Å². The summed E-state index contributed by atoms with van der Waals surface area (Å²) >= 11 is 0. The summed E-state index contributed by atoms with van der Waals surface area (Å²) in [7, 11) is 0. The Kier molecular flexibility index (Phi) is 2.49. The molecular formula is C11H13NO3. The maximum Gasteiger partial charge on any atom is 0.337 e. The zero-order valence-corrected chi connectivity index (χ0v) is 8.27. The van der Waals surface area contributed by atoms with E-state index >= 15 is 0 Å². The van der Waals surface area contributed by atoms with E-state index in [1.54, 1.807) is 12.1 Å². The Hall–Kier alpha value is -1.71. The van der Waals surface area contributed by atoms with Crippen LogP contribution in [0, 0.1) is 0 Å². The van der Waals surface area contributed by atoms with Crippen molar-refractivity contribution in [1.29, 1.82) is 0 Å². The highest BCUT2D eigenvalue weighted by Crippen LogP contribution is 2.27. The maximum atomic E-state index is 10.7. The van der Waals surface area contributed by atoms with Crippen molar-refractivity contribution in [3.63, 3.8) is 0 Å². The lowest BCUT2D eigenvalue weighted by Crippen LogP contribution is -2.24. The zero-order valence-electron chi connectivity index (χ0n) is 8.27. The minimum atomic E-state index is -1.01. The molecule has 3 N–H and O–H groups in total. The lowest BCUT2D eigenvalue weighted by molar-refractivity contribution is 0.0698. The van der Waals surface area contributed by atoms with Crippen LogP contribution in [-0.4, -0.2) is 17.2 Å². The number of benzene rings is 1. The molecule has 0 atom stereocenters. The van der Waals surface area contributed by atoms with Crippen molar-refractivity contribution in [3.8, 4) is 5.75 Å². The molecule has 0 unspecified atom stereocenters. The number of rotatable bonds is 3. The minimum absolute atomic E-state index is 0.121. The first-order valence-electron chi connectivity index (χ1n) is 4.96. The molecule has 0 spiro atoms. The Morgan fingerprint density at radius 3 is 2.67 bits per heavy atom. The average Bonchev–Trinajstić information content (AvgIpc) is 2.11. The molecule has 1 aliphatic carbocycles. The third-order valence-corrected chi connectivity index (χ3v) is 2.61. The van der Waals surface area contributed by atoms with Crippen molar-refractivity contribution in [2.45, 2.75) is 25.4 Å². The van der Waals surface area contributed by atoms with Gasteiger partial charge in [-0.3, -0.25) is 0 Å². The van der Waals surface area contributed by atoms with Gasteiger partial charge in [0.2, 0.25) is 0 Å². The summed E-state index contributed by atoms with van der Waals surface area (Å²) in [4.78, 5) is 10.7. The second kappa shape index (κ2) is 3.81. The second-order valence-corrected chi connectivity index (χ2v) is 3.72. The molecule has 1 aromatic carbocycles. The topological polar surface area (TPSA) is 72.5 Å². The molecule has 0 amide bonds. The van der Waals surface area contributed by atoms with Crippen LogP contribution >= 0.6 is 0 Å². The van der Waals surface area contributed by atoms with Gasteiger partial charge in [0.05, 0.1) is 11.7 Å². The van der Waals surface area contributed by atoms with E-state index in [1.807, 2.05) is 0 Å². The minimum Gasteiger partial charge on any atom is -0.490 e. The van der Waals surface area contributed by atoms with E-state index in [0.717, 1.165) is 12.8 Å². The Balaban J connectivity index is 2.13. The van der Waals surface area contributed by atoms with Gasteiger partial charge in [-0.2, -0.15) is 0 Å². The normalized spacial score (nSPS) is 15.7. The summed E-state index contributed by atoms with van der Waals surface area (Å²) in [5.41, 5.74) is 5.97. The molecule has 0 saturated heterocycles. The van der Waals surface area contributed by atoms with Gasteiger partial charge in [-0.15, -0.1) is 0 Å². The molecule has 4 nitrogen and oxygen atoms in total. The lowest BCUT2D eigenvalue weighted by atomic mass is 9.96. The fraction of sp³-hybridized carbons (Fsp3) is 0.364. The lowest BCUT2D eigenvalue weighted by Gasteiger charge is -2.26. The molecule has 0 bridgehead atoms. The molecule has 1 saturated carbocycles. The highest BCUT2D eigenvalue weighted by Gasteiger charge is 2.19. The summed E-state index contributed by atoms with van der Waals surface area (Å²) in [6, 6.07) is 4.70. The molecule has 0 aromatic heterocycles. The fourth-order valence-corrected chi connectivity index (χ4v) is 1.49. The molecule has 2 rings (SSSR count). The summed E-state index contributed by atoms with van der Waals surface area (Å²) in [6.45, 7) is 0. The van der Waals surface area contributed by atoms with Crippen LogP contribution in [0.15, 0.2) is 18.2 Å². The van der Waals surface area contributed by atoms with Crippen LogP contribution in [0.25, 0.3) is 0 Å². The molecule has 0 aliphatic heterocycles. The van der Waals surface area contributed by atoms with Gasteiger partial charge < -0.3 is 15.6 Å². The average molecular weight is 207 g/mol. The van der Waals surface area contributed by atoms with Crippen molar-refractivity contribution in [2.75, 3.05) is 5.73 Å². The number of hydrogen-bond donors (Lipinski definition) is 2. The molecular weight excluding hydrogens is 194 g/mol. The first kappa shape index (κ1) is 9.83. The third-order valence-electron chi connectivity index (χ3n) is 2.61. The van der Waals surface area contributed by atoms with Gasteiger partial charge in [-0.05, 0) is 31.4 Å². The van der Waals surface area contributed by atoms with Crippen LogP contribution in [0.1, 0.15) is 29.6 Å². The molecule has 4 heteroatoms. The van der Waals surface area contributed by atoms with Crippen LogP contribution in [-0.2, 0) is 0 Å². The van der Waals surface area contributed by atoms with E-state index in [4.69, 9.17) is 15.6 Å². The number of anilines is 1. The van der Waals surface area contributed by atoms with E-state index in [-0.39, 0.29) is 17.4 Å². The van der Waals surface area contributed by atoms with Crippen LogP contribution < -0.4 is 10.5 Å². The van der Waals surface area contributed by atoms with Gasteiger partial charge in [0, 0.05) is 11.8 Å². The largest absolute Gasteiger partial charge is 0.490 e. The first-order chi connectivity index (χ1) is 7.16. The number of carboxylic acids is 1. The van der Waals surface area contributed by atoms with Crippen LogP contribution in [0.5, 0.6) is 5.75 Å². The molecule has 0 radical (unpaired) electrons. The summed E-state index contributed by atoms with van der Waals surface area (Å²) < 4.78 is 5.59. The maximum absolute atomic E-state index is 10.7. The number of aromatic carboxylic acids is 1. The zero-order chi connectivity index (χ0) is 10.8. The molecule has 1 fully saturated rings. The summed E-state index contributed by atoms with van der Waals surface area (Å²) in [5.74, 6) is -0.357. The molecule has 1 aromatic rings. The van der Waals surface area contributed by atoms with Gasteiger partial charge >= 0.3 is 5.97 Å². The van der Waals surface area contributed by atoms with Crippen LogP contribution in [0.3, 0.4) is 0 Å². The molecule has 1 aliphatic rings. The highest BCUT2D eigenvalue weighted by molar-refractivity contribution is 5.93. The van der Waals surface area contributed by atoms with E-state index in [1.165, 1.54) is 12.5 Å². The second-order valence-electron chi connectivity index (χ2n) is 3.72. The van der Waals surface area contributed by atoms with Gasteiger partial charge in [-0.25, -0.2) is 4.79 Å². The Morgan fingerprint density at radius 1 is 1.47 bits per heavy atom. The smallest absolute Gasteiger partial charge is 0.337 e. The molecule has 80 valence electrons. The third kappa shape index (κ3) is 2.03. The predicted molar refractivity (Wildman–Crippen MR) is 56.1 cm³/mol. The number of hydrogen-bond acceptors (Lipinski definition) is 3. The monoisotopic (exact) mass is 207 g/mol. The number of carboxylic acid groups (broad SMARTS) is 1. The SMILES string of the molecule is Nc1cc(OC2CCC2)ccc1C(=O)O. The number of nitrogen functional groups attached to an aromatic ring is 1. The standard InChI is InChI=1S/C11H13NO3/c12-10-6-8(15-7-2-1-3-7)4-5-9(10)11(13)14/h4-7H,1-3,12H2,(H,13,14). The van der Waals surface area contributed by atoms with Crippen molar-refractivity contribution >= 4 is 11.7 Å². The van der Waals surface area contributed by atoms with Crippen molar-refractivity contribution in [1.82, 2.24) is 0 Å². The Morgan fingerprint density at radius 2 is 2.20 bits per heavy atom. The Labute approximate surface area is 87.7 Å². The quantitative estimate of drug-likeness (QED) is 0.742. The number of carbonyl (C=O) groups is 1. The van der Waals surface area contributed by atoms with E-state index in [2.05, 4.69) is 0 Å². The first-order valence-corrected chi connectivity index (χ1v) is 4.96. The number of nitrogens with two attached hydrogens (primary N) is 1. The van der Waals surface area contributed by atoms with E-state index in [9.17, 15) is 4.79 Å². The van der Waals surface area contributed by atoms with Crippen molar-refractivity contribution in [2.24, 2.45) is 0 Å². The van der Waals surface area contributed by atoms with E-state index < -0.39 is 5.97 Å². The predicted octanol–water partition coefficient (Wildman–Crippen LogP) is 1.90. The van der Waals surface area contributed by atoms with Gasteiger partial charge in [0.1, 0.15) is 5.75 Å². The van der Waals surface area contributed by atoms with E-state index in [0.29, 0.717) is 5.75 Å². The van der Waals surface area contributed by atoms with Crippen LogP contribution in [0.4, 0.5) is 5.69 Å². The van der Waals surface area contributed by atoms with Gasteiger partial charge in [0.15, 0.2) is 0 Å². The van der Waals surface area contributed by atoms with Crippen LogP contribution in [0.2, 0.25) is 0 Å². The summed E-state index contributed by atoms with van der Waals surface area (Å²) in [5, 5.41) is 8.77. The summed E-state index contributed by atoms with van der Waals surface area (Å²) in [6.07, 6.45) is 3.62. The van der Waals surface area contributed by atoms with Gasteiger partial charge in [0.25, 0.3) is 0 Å². The fourth-order valence-electron chi connectivity index (χ4n) is 1.49. The van der Waals surface area contributed by atoms with Crippen molar-refractivity contribution in [3.05, 3.63) is 23.8 Å². The molecule has 0 heterocycles. The Bertz CT molecular complexity index is 385. The molecule has 15 heavy (non-hydrogen) atoms.